The molecule has 1 aliphatic heterocycles. The van der Waals surface area contributed by atoms with Crippen molar-refractivity contribution in [2.24, 2.45) is 11.8 Å². The van der Waals surface area contributed by atoms with Crippen molar-refractivity contribution in [2.45, 2.75) is 20.3 Å². The second kappa shape index (κ2) is 3.09. The molecule has 2 amide bonds. The van der Waals surface area contributed by atoms with Crippen molar-refractivity contribution in [1.29, 1.82) is 0 Å². The lowest BCUT2D eigenvalue weighted by Crippen LogP contribution is -2.33. The predicted octanol–water partition coefficient (Wildman–Crippen LogP) is 1.39. The maximum absolute atomic E-state index is 12.0. The van der Waals surface area contributed by atoms with E-state index in [1.54, 1.807) is 0 Å². The summed E-state index contributed by atoms with van der Waals surface area (Å²) in [5.74, 6) is -0.336. The number of nitrogens with zero attached hydrogens (tertiary/aromatic N) is 1. The third-order valence-corrected chi connectivity index (χ3v) is 3.75. The molecule has 0 radical (unpaired) electrons. The Morgan fingerprint density at radius 3 is 2.24 bits per heavy atom. The lowest BCUT2D eigenvalue weighted by Gasteiger charge is -2.19. The molecule has 0 bridgehead atoms. The van der Waals surface area contributed by atoms with E-state index in [-0.39, 0.29) is 23.7 Å². The molecule has 0 aromatic heterocycles. The maximum atomic E-state index is 12.0. The quantitative estimate of drug-likeness (QED) is 0.585. The molecule has 88 valence electrons. The number of hydrogen-bond donors (Lipinski definition) is 1. The monoisotopic (exact) mass is 230 g/mol. The summed E-state index contributed by atoms with van der Waals surface area (Å²) in [6, 6.07) is 3.64. The van der Waals surface area contributed by atoms with E-state index < -0.39 is 0 Å². The SMILES string of the molecule is Cc1cc(N)c(N2C(=O)C3CC3C2=O)cc1C. The van der Waals surface area contributed by atoms with Crippen LogP contribution in [0.3, 0.4) is 0 Å². The van der Waals surface area contributed by atoms with E-state index >= 15 is 0 Å². The molecule has 2 fully saturated rings. The lowest BCUT2D eigenvalue weighted by molar-refractivity contribution is -0.123. The Morgan fingerprint density at radius 1 is 1.12 bits per heavy atom. The summed E-state index contributed by atoms with van der Waals surface area (Å²) < 4.78 is 0. The predicted molar refractivity (Wildman–Crippen MR) is 64.4 cm³/mol. The molecular weight excluding hydrogens is 216 g/mol. The van der Waals surface area contributed by atoms with Crippen LogP contribution in [0, 0.1) is 25.7 Å². The summed E-state index contributed by atoms with van der Waals surface area (Å²) in [5.41, 5.74) is 9.06. The number of nitrogen functional groups attached to an aromatic ring is 1. The molecule has 2 unspecified atom stereocenters. The first-order valence-electron chi connectivity index (χ1n) is 5.75. The number of piperidine rings is 1. The molecule has 3 rings (SSSR count). The number of benzene rings is 1. The minimum absolute atomic E-state index is 0.0801. The van der Waals surface area contributed by atoms with Crippen LogP contribution in [0.15, 0.2) is 12.1 Å². The molecule has 0 spiro atoms. The van der Waals surface area contributed by atoms with Gasteiger partial charge in [0.05, 0.1) is 23.2 Å². The average molecular weight is 230 g/mol. The number of rotatable bonds is 1. The summed E-state index contributed by atoms with van der Waals surface area (Å²) in [6.45, 7) is 3.91. The number of anilines is 2. The molecule has 1 saturated carbocycles. The van der Waals surface area contributed by atoms with E-state index in [2.05, 4.69) is 0 Å². The number of imide groups is 1. The number of carbonyl (C=O) groups excluding carboxylic acids is 2. The fraction of sp³-hybridized carbons (Fsp3) is 0.385. The van der Waals surface area contributed by atoms with Crippen LogP contribution in [-0.4, -0.2) is 11.8 Å². The fourth-order valence-electron chi connectivity index (χ4n) is 2.44. The van der Waals surface area contributed by atoms with Crippen LogP contribution in [0.2, 0.25) is 0 Å². The topological polar surface area (TPSA) is 63.4 Å². The van der Waals surface area contributed by atoms with Gasteiger partial charge < -0.3 is 5.73 Å². The molecule has 17 heavy (non-hydrogen) atoms. The van der Waals surface area contributed by atoms with Crippen LogP contribution >= 0.6 is 0 Å². The van der Waals surface area contributed by atoms with E-state index in [1.165, 1.54) is 4.90 Å². The second-order valence-electron chi connectivity index (χ2n) is 4.96. The zero-order valence-corrected chi connectivity index (χ0v) is 9.86. The molecule has 4 heteroatoms. The largest absolute Gasteiger partial charge is 0.397 e. The van der Waals surface area contributed by atoms with Crippen LogP contribution in [0.5, 0.6) is 0 Å². The van der Waals surface area contributed by atoms with Crippen molar-refractivity contribution in [3.63, 3.8) is 0 Å². The van der Waals surface area contributed by atoms with Gasteiger partial charge in [-0.25, -0.2) is 4.90 Å². The van der Waals surface area contributed by atoms with E-state index in [4.69, 9.17) is 5.73 Å². The minimum Gasteiger partial charge on any atom is -0.397 e. The van der Waals surface area contributed by atoms with E-state index in [9.17, 15) is 9.59 Å². The average Bonchev–Trinajstić information content (AvgIpc) is 3.00. The molecule has 2 N–H and O–H groups in total. The Kier molecular flexibility index (Phi) is 1.88. The van der Waals surface area contributed by atoms with Crippen molar-refractivity contribution < 1.29 is 9.59 Å². The lowest BCUT2D eigenvalue weighted by atomic mass is 10.1. The van der Waals surface area contributed by atoms with Crippen molar-refractivity contribution in [3.8, 4) is 0 Å². The van der Waals surface area contributed by atoms with E-state index in [0.29, 0.717) is 11.4 Å². The maximum Gasteiger partial charge on any atom is 0.237 e. The van der Waals surface area contributed by atoms with Gasteiger partial charge >= 0.3 is 0 Å². The first-order chi connectivity index (χ1) is 8.00. The Labute approximate surface area is 99.4 Å². The van der Waals surface area contributed by atoms with Crippen LogP contribution in [0.1, 0.15) is 17.5 Å². The third kappa shape index (κ3) is 1.30. The molecule has 4 nitrogen and oxygen atoms in total. The van der Waals surface area contributed by atoms with Gasteiger partial charge in [-0.2, -0.15) is 0 Å². The van der Waals surface area contributed by atoms with E-state index in [0.717, 1.165) is 17.5 Å². The van der Waals surface area contributed by atoms with Gasteiger partial charge in [-0.3, -0.25) is 9.59 Å². The summed E-state index contributed by atoms with van der Waals surface area (Å²) in [5, 5.41) is 0. The van der Waals surface area contributed by atoms with Crippen molar-refractivity contribution in [3.05, 3.63) is 23.3 Å². The van der Waals surface area contributed by atoms with Gasteiger partial charge in [-0.1, -0.05) is 0 Å². The minimum atomic E-state index is -0.0880. The Hall–Kier alpha value is -1.84. The zero-order chi connectivity index (χ0) is 12.3. The molecule has 1 aliphatic carbocycles. The highest BCUT2D eigenvalue weighted by Gasteiger charge is 2.59. The highest BCUT2D eigenvalue weighted by molar-refractivity contribution is 6.25. The molecule has 1 saturated heterocycles. The second-order valence-corrected chi connectivity index (χ2v) is 4.96. The zero-order valence-electron chi connectivity index (χ0n) is 9.86. The van der Waals surface area contributed by atoms with Gasteiger partial charge in [0, 0.05) is 0 Å². The number of carbonyl (C=O) groups is 2. The Bertz CT molecular complexity index is 531. The molecule has 1 heterocycles. The smallest absolute Gasteiger partial charge is 0.237 e. The van der Waals surface area contributed by atoms with Gasteiger partial charge in [0.25, 0.3) is 0 Å². The van der Waals surface area contributed by atoms with Crippen LogP contribution in [-0.2, 0) is 9.59 Å². The molecule has 1 aromatic rings. The first kappa shape index (κ1) is 10.3. The summed E-state index contributed by atoms with van der Waals surface area (Å²) in [7, 11) is 0. The Balaban J connectivity index is 2.08. The van der Waals surface area contributed by atoms with Crippen molar-refractivity contribution >= 4 is 23.2 Å². The standard InChI is InChI=1S/C13H14N2O2/c1-6-3-10(14)11(4-7(6)2)15-12(16)8-5-9(8)13(15)17/h3-4,8-9H,5,14H2,1-2H3. The normalized spacial score (nSPS) is 26.4. The van der Waals surface area contributed by atoms with Gasteiger partial charge in [0.2, 0.25) is 11.8 Å². The summed E-state index contributed by atoms with van der Waals surface area (Å²) >= 11 is 0. The summed E-state index contributed by atoms with van der Waals surface area (Å²) in [4.78, 5) is 25.2. The first-order valence-corrected chi connectivity index (χ1v) is 5.75. The van der Waals surface area contributed by atoms with Crippen molar-refractivity contribution in [2.75, 3.05) is 10.6 Å². The fourth-order valence-corrected chi connectivity index (χ4v) is 2.44. The van der Waals surface area contributed by atoms with Crippen LogP contribution < -0.4 is 10.6 Å². The molecule has 1 aromatic carbocycles. The Morgan fingerprint density at radius 2 is 1.65 bits per heavy atom. The number of amides is 2. The summed E-state index contributed by atoms with van der Waals surface area (Å²) in [6.07, 6.45) is 0.721. The number of nitrogens with two attached hydrogens (primary N) is 1. The van der Waals surface area contributed by atoms with Gasteiger partial charge in [0.1, 0.15) is 0 Å². The molecular formula is C13H14N2O2. The van der Waals surface area contributed by atoms with Gasteiger partial charge in [-0.05, 0) is 43.5 Å². The highest BCUT2D eigenvalue weighted by atomic mass is 16.2. The molecule has 2 atom stereocenters. The van der Waals surface area contributed by atoms with Gasteiger partial charge in [0.15, 0.2) is 0 Å². The van der Waals surface area contributed by atoms with Crippen LogP contribution in [0.25, 0.3) is 0 Å². The third-order valence-electron chi connectivity index (χ3n) is 3.75. The highest BCUT2D eigenvalue weighted by Crippen LogP contribution is 2.49. The van der Waals surface area contributed by atoms with Gasteiger partial charge in [-0.15, -0.1) is 0 Å². The number of aryl methyl sites for hydroxylation is 2. The number of fused-ring (bicyclic) bond motifs is 1. The van der Waals surface area contributed by atoms with Crippen LogP contribution in [0.4, 0.5) is 11.4 Å². The molecule has 2 aliphatic rings. The van der Waals surface area contributed by atoms with Crippen molar-refractivity contribution in [1.82, 2.24) is 0 Å². The number of hydrogen-bond acceptors (Lipinski definition) is 3. The van der Waals surface area contributed by atoms with E-state index in [1.807, 2.05) is 26.0 Å².